The molecule has 1 N–H and O–H groups in total. The highest BCUT2D eigenvalue weighted by molar-refractivity contribution is 5.79. The van der Waals surface area contributed by atoms with E-state index in [2.05, 4.69) is 36.4 Å². The van der Waals surface area contributed by atoms with Crippen molar-refractivity contribution in [2.75, 3.05) is 20.3 Å². The van der Waals surface area contributed by atoms with Gasteiger partial charge in [0.25, 0.3) is 0 Å². The molecule has 0 bridgehead atoms. The summed E-state index contributed by atoms with van der Waals surface area (Å²) in [5.41, 5.74) is 4.98. The zero-order chi connectivity index (χ0) is 42.1. The lowest BCUT2D eigenvalue weighted by molar-refractivity contribution is -0.260. The van der Waals surface area contributed by atoms with Crippen LogP contribution < -0.4 is 4.74 Å². The summed E-state index contributed by atoms with van der Waals surface area (Å²) in [6.45, 7) is 1.52. The standard InChI is InChI=1S/C53H56O8/c1-56-48-29-27-41(28-30-48)38-58-49(31-32-57-37-40-17-7-2-8-18-40)34-46(54)33-47(55)35-50-36-51(61-52(60-50)42-19-9-3-10-20-42)39-59-53(43-21-11-4-12-22-43,44-23-13-5-14-24-44)45-25-15-6-16-26-45/h2-30,46,49-52,54H,31-39H2,1H3/t46-,49-,50+,51+,52+/m0/s1. The van der Waals surface area contributed by atoms with Crippen LogP contribution in [0.25, 0.3) is 0 Å². The average molecular weight is 821 g/mol. The van der Waals surface area contributed by atoms with E-state index in [4.69, 9.17) is 28.4 Å². The molecule has 0 amide bonds. The van der Waals surface area contributed by atoms with Crippen molar-refractivity contribution in [2.45, 2.75) is 81.6 Å². The van der Waals surface area contributed by atoms with Crippen LogP contribution in [0.2, 0.25) is 0 Å². The average Bonchev–Trinajstić information content (AvgIpc) is 3.31. The van der Waals surface area contributed by atoms with Gasteiger partial charge in [0.1, 0.15) is 17.1 Å². The van der Waals surface area contributed by atoms with Gasteiger partial charge in [-0.1, -0.05) is 164 Å². The van der Waals surface area contributed by atoms with Crippen molar-refractivity contribution >= 4 is 5.78 Å². The van der Waals surface area contributed by atoms with Crippen LogP contribution in [0.1, 0.15) is 71.8 Å². The maximum atomic E-state index is 13.8. The number of methoxy groups -OCH3 is 1. The molecular weight excluding hydrogens is 765 g/mol. The van der Waals surface area contributed by atoms with E-state index in [1.165, 1.54) is 0 Å². The fourth-order valence-electron chi connectivity index (χ4n) is 7.95. The van der Waals surface area contributed by atoms with Crippen molar-refractivity contribution in [1.82, 2.24) is 0 Å². The normalized spacial score (nSPS) is 17.6. The Morgan fingerprint density at radius 1 is 0.672 bits per heavy atom. The highest BCUT2D eigenvalue weighted by Gasteiger charge is 2.40. The van der Waals surface area contributed by atoms with Gasteiger partial charge < -0.3 is 33.5 Å². The van der Waals surface area contributed by atoms with Crippen molar-refractivity contribution in [3.8, 4) is 5.75 Å². The van der Waals surface area contributed by atoms with Crippen LogP contribution in [0.15, 0.2) is 176 Å². The molecule has 61 heavy (non-hydrogen) atoms. The highest BCUT2D eigenvalue weighted by Crippen LogP contribution is 2.42. The second-order valence-electron chi connectivity index (χ2n) is 15.5. The molecule has 0 aromatic heterocycles. The van der Waals surface area contributed by atoms with Gasteiger partial charge in [-0.25, -0.2) is 0 Å². The maximum Gasteiger partial charge on any atom is 0.184 e. The molecule has 7 rings (SSSR count). The molecule has 6 aromatic carbocycles. The number of hydrogen-bond acceptors (Lipinski definition) is 8. The fraction of sp³-hybridized carbons (Fsp3) is 0.302. The molecule has 1 aliphatic rings. The number of aliphatic hydroxyl groups is 1. The number of benzene rings is 6. The third kappa shape index (κ3) is 12.3. The van der Waals surface area contributed by atoms with Crippen LogP contribution in [0.5, 0.6) is 5.75 Å². The first kappa shape index (κ1) is 43.6. The summed E-state index contributed by atoms with van der Waals surface area (Å²) in [5.74, 6) is 0.679. The van der Waals surface area contributed by atoms with Crippen molar-refractivity contribution in [3.63, 3.8) is 0 Å². The summed E-state index contributed by atoms with van der Waals surface area (Å²) in [5, 5.41) is 11.4. The Labute approximate surface area is 360 Å². The van der Waals surface area contributed by atoms with Gasteiger partial charge in [-0.15, -0.1) is 0 Å². The van der Waals surface area contributed by atoms with Crippen LogP contribution in [0.3, 0.4) is 0 Å². The second-order valence-corrected chi connectivity index (χ2v) is 15.5. The lowest BCUT2D eigenvalue weighted by Gasteiger charge is -2.40. The maximum absolute atomic E-state index is 13.8. The third-order valence-electron chi connectivity index (χ3n) is 11.1. The summed E-state index contributed by atoms with van der Waals surface area (Å²) in [7, 11) is 1.64. The van der Waals surface area contributed by atoms with Crippen molar-refractivity contribution < 1.29 is 38.3 Å². The molecule has 0 saturated carbocycles. The molecule has 1 fully saturated rings. The molecule has 6 aromatic rings. The van der Waals surface area contributed by atoms with Gasteiger partial charge in [-0.05, 0) is 46.4 Å². The second kappa shape index (κ2) is 22.4. The largest absolute Gasteiger partial charge is 0.497 e. The Morgan fingerprint density at radius 3 is 1.77 bits per heavy atom. The van der Waals surface area contributed by atoms with Crippen molar-refractivity contribution in [1.29, 1.82) is 0 Å². The Morgan fingerprint density at radius 2 is 1.20 bits per heavy atom. The highest BCUT2D eigenvalue weighted by atomic mass is 16.7. The van der Waals surface area contributed by atoms with Gasteiger partial charge in [0.2, 0.25) is 0 Å². The first-order chi connectivity index (χ1) is 30.0. The van der Waals surface area contributed by atoms with Gasteiger partial charge in [-0.3, -0.25) is 4.79 Å². The number of ketones is 1. The Bertz CT molecular complexity index is 2050. The summed E-state index contributed by atoms with van der Waals surface area (Å²) in [6.07, 6.45) is -1.41. The van der Waals surface area contributed by atoms with E-state index >= 15 is 0 Å². The monoisotopic (exact) mass is 820 g/mol. The minimum Gasteiger partial charge on any atom is -0.497 e. The van der Waals surface area contributed by atoms with Crippen molar-refractivity contribution in [2.24, 2.45) is 0 Å². The van der Waals surface area contributed by atoms with E-state index in [9.17, 15) is 9.90 Å². The predicted molar refractivity (Wildman–Crippen MR) is 236 cm³/mol. The van der Waals surface area contributed by atoms with Crippen LogP contribution in [-0.4, -0.2) is 55.6 Å². The lowest BCUT2D eigenvalue weighted by atomic mass is 9.80. The van der Waals surface area contributed by atoms with Crippen LogP contribution in [0.4, 0.5) is 0 Å². The summed E-state index contributed by atoms with van der Waals surface area (Å²) < 4.78 is 37.9. The van der Waals surface area contributed by atoms with Gasteiger partial charge in [0.15, 0.2) is 6.29 Å². The first-order valence-electron chi connectivity index (χ1n) is 21.2. The minimum atomic E-state index is -0.929. The van der Waals surface area contributed by atoms with Gasteiger partial charge >= 0.3 is 0 Å². The molecule has 8 nitrogen and oxygen atoms in total. The van der Waals surface area contributed by atoms with E-state index in [-0.39, 0.29) is 37.8 Å². The van der Waals surface area contributed by atoms with Crippen LogP contribution in [0, 0.1) is 0 Å². The SMILES string of the molecule is COc1ccc(CO[C@@H](CCOCc2ccccc2)C[C@@H](O)CC(=O)C[C@@H]2C[C@H](COC(c3ccccc3)(c3ccccc3)c3ccccc3)O[C@H](c3ccccc3)O2)cc1. The number of rotatable bonds is 22. The van der Waals surface area contributed by atoms with Crippen LogP contribution >= 0.6 is 0 Å². The number of Topliss-reactive ketones (excluding diaryl/α,β-unsaturated/α-hetero) is 1. The molecule has 8 heteroatoms. The Kier molecular flexibility index (Phi) is 16.0. The van der Waals surface area contributed by atoms with E-state index in [1.807, 2.05) is 140 Å². The topological polar surface area (TPSA) is 92.7 Å². The quantitative estimate of drug-likeness (QED) is 0.0535. The molecule has 1 aliphatic heterocycles. The third-order valence-corrected chi connectivity index (χ3v) is 11.1. The molecule has 1 heterocycles. The van der Waals surface area contributed by atoms with E-state index < -0.39 is 30.2 Å². The Balaban J connectivity index is 1.03. The van der Waals surface area contributed by atoms with E-state index in [0.29, 0.717) is 32.7 Å². The predicted octanol–water partition coefficient (Wildman–Crippen LogP) is 10.2. The fourth-order valence-corrected chi connectivity index (χ4v) is 7.95. The van der Waals surface area contributed by atoms with Crippen LogP contribution in [-0.2, 0) is 47.3 Å². The van der Waals surface area contributed by atoms with Gasteiger partial charge in [-0.2, -0.15) is 0 Å². The van der Waals surface area contributed by atoms with Gasteiger partial charge in [0, 0.05) is 37.9 Å². The lowest BCUT2D eigenvalue weighted by Crippen LogP contribution is -2.41. The van der Waals surface area contributed by atoms with Crippen molar-refractivity contribution in [3.05, 3.63) is 209 Å². The zero-order valence-electron chi connectivity index (χ0n) is 34.8. The molecule has 0 unspecified atom stereocenters. The number of ether oxygens (including phenoxy) is 6. The molecule has 1 saturated heterocycles. The number of carbonyl (C=O) groups is 1. The number of carbonyl (C=O) groups excluding carboxylic acids is 1. The summed E-state index contributed by atoms with van der Waals surface area (Å²) >= 11 is 0. The number of aliphatic hydroxyl groups excluding tert-OH is 1. The van der Waals surface area contributed by atoms with E-state index in [0.717, 1.165) is 39.1 Å². The number of hydrogen-bond donors (Lipinski definition) is 1. The first-order valence-corrected chi connectivity index (χ1v) is 21.2. The van der Waals surface area contributed by atoms with Gasteiger partial charge in [0.05, 0.1) is 51.3 Å². The molecular formula is C53H56O8. The smallest absolute Gasteiger partial charge is 0.184 e. The van der Waals surface area contributed by atoms with E-state index in [1.54, 1.807) is 7.11 Å². The molecule has 316 valence electrons. The summed E-state index contributed by atoms with van der Waals surface area (Å²) in [6, 6.07) is 58.3. The molecule has 0 aliphatic carbocycles. The molecule has 0 radical (unpaired) electrons. The minimum absolute atomic E-state index is 0.0235. The molecule has 0 spiro atoms. The molecule has 5 atom stereocenters. The Hall–Kier alpha value is -5.45. The summed E-state index contributed by atoms with van der Waals surface area (Å²) in [4.78, 5) is 13.8. The zero-order valence-corrected chi connectivity index (χ0v) is 34.8.